The highest BCUT2D eigenvalue weighted by atomic mass is 32.2. The molecule has 1 heterocycles. The van der Waals surface area contributed by atoms with Crippen molar-refractivity contribution in [1.29, 1.82) is 0 Å². The molecule has 15 heavy (non-hydrogen) atoms. The Balaban J connectivity index is 2.35. The summed E-state index contributed by atoms with van der Waals surface area (Å²) < 4.78 is 13.4. The molecular weight excluding hydrogens is 210 g/mol. The Labute approximate surface area is 93.3 Å². The lowest BCUT2D eigenvalue weighted by Crippen LogP contribution is -2.38. The lowest BCUT2D eigenvalue weighted by atomic mass is 10.1. The van der Waals surface area contributed by atoms with Gasteiger partial charge in [-0.25, -0.2) is 0 Å². The minimum Gasteiger partial charge on any atom is -0.325 e. The van der Waals surface area contributed by atoms with E-state index in [0.29, 0.717) is 11.5 Å². The van der Waals surface area contributed by atoms with Crippen LogP contribution in [0.4, 0.5) is 0 Å². The molecule has 1 aromatic heterocycles. The van der Waals surface area contributed by atoms with Crippen LogP contribution in [0.3, 0.4) is 0 Å². The van der Waals surface area contributed by atoms with Gasteiger partial charge in [0.25, 0.3) is 0 Å². The third kappa shape index (κ3) is 5.09. The van der Waals surface area contributed by atoms with Crippen LogP contribution in [0.5, 0.6) is 0 Å². The first-order chi connectivity index (χ1) is 6.87. The van der Waals surface area contributed by atoms with Gasteiger partial charge >= 0.3 is 0 Å². The van der Waals surface area contributed by atoms with Crippen LogP contribution in [-0.2, 0) is 24.3 Å². The summed E-state index contributed by atoms with van der Waals surface area (Å²) >= 11 is 0. The highest BCUT2D eigenvalue weighted by Gasteiger charge is 2.15. The molecule has 0 radical (unpaired) electrons. The summed E-state index contributed by atoms with van der Waals surface area (Å²) in [5, 5.41) is 4.06. The van der Waals surface area contributed by atoms with Crippen LogP contribution >= 0.6 is 0 Å². The van der Waals surface area contributed by atoms with E-state index in [1.807, 2.05) is 33.3 Å². The van der Waals surface area contributed by atoms with Crippen LogP contribution in [0.2, 0.25) is 0 Å². The lowest BCUT2D eigenvalue weighted by molar-refractivity contribution is 0.577. The first-order valence-corrected chi connectivity index (χ1v) is 6.47. The van der Waals surface area contributed by atoms with Crippen LogP contribution < -0.4 is 5.73 Å². The number of nitrogens with zero attached hydrogens (tertiary/aromatic N) is 2. The minimum absolute atomic E-state index is 0.347. The molecule has 1 unspecified atom stereocenters. The van der Waals surface area contributed by atoms with Gasteiger partial charge < -0.3 is 5.73 Å². The van der Waals surface area contributed by atoms with Gasteiger partial charge in [-0.2, -0.15) is 5.10 Å². The van der Waals surface area contributed by atoms with E-state index < -0.39 is 10.8 Å². The van der Waals surface area contributed by atoms with Gasteiger partial charge in [-0.05, 0) is 25.8 Å². The maximum absolute atomic E-state index is 11.6. The molecule has 2 N–H and O–H groups in total. The predicted molar refractivity (Wildman–Crippen MR) is 63.1 cm³/mol. The molecule has 86 valence electrons. The van der Waals surface area contributed by atoms with Crippen molar-refractivity contribution in [2.45, 2.75) is 25.8 Å². The van der Waals surface area contributed by atoms with Crippen LogP contribution in [-0.4, -0.2) is 31.0 Å². The smallest absolute Gasteiger partial charge is 0.0521 e. The second-order valence-electron chi connectivity index (χ2n) is 4.55. The van der Waals surface area contributed by atoms with Gasteiger partial charge in [-0.15, -0.1) is 0 Å². The quantitative estimate of drug-likeness (QED) is 0.797. The Bertz CT molecular complexity index is 341. The molecule has 0 saturated heterocycles. The van der Waals surface area contributed by atoms with Crippen molar-refractivity contribution in [2.24, 2.45) is 12.8 Å². The molecule has 0 amide bonds. The number of hydrogen-bond acceptors (Lipinski definition) is 3. The fourth-order valence-corrected chi connectivity index (χ4v) is 2.76. The maximum atomic E-state index is 11.6. The Hall–Kier alpha value is -0.680. The topological polar surface area (TPSA) is 60.9 Å². The van der Waals surface area contributed by atoms with E-state index in [9.17, 15) is 4.21 Å². The molecule has 0 aliphatic heterocycles. The zero-order valence-electron chi connectivity index (χ0n) is 9.56. The van der Waals surface area contributed by atoms with E-state index >= 15 is 0 Å². The van der Waals surface area contributed by atoms with E-state index in [0.717, 1.165) is 12.0 Å². The predicted octanol–water partition coefficient (Wildman–Crippen LogP) is 0.449. The number of hydrogen-bond donors (Lipinski definition) is 1. The lowest BCUT2D eigenvalue weighted by Gasteiger charge is -2.17. The highest BCUT2D eigenvalue weighted by molar-refractivity contribution is 7.85. The average Bonchev–Trinajstić information content (AvgIpc) is 2.45. The molecule has 1 rings (SSSR count). The summed E-state index contributed by atoms with van der Waals surface area (Å²) in [6.45, 7) is 3.80. The minimum atomic E-state index is -0.843. The largest absolute Gasteiger partial charge is 0.325 e. The summed E-state index contributed by atoms with van der Waals surface area (Å²) in [6.07, 6.45) is 4.56. The summed E-state index contributed by atoms with van der Waals surface area (Å²) in [7, 11) is 1.04. The molecular formula is C10H19N3OS. The van der Waals surface area contributed by atoms with E-state index in [4.69, 9.17) is 5.73 Å². The van der Waals surface area contributed by atoms with Crippen LogP contribution in [0, 0.1) is 0 Å². The van der Waals surface area contributed by atoms with E-state index in [1.165, 1.54) is 0 Å². The molecule has 0 spiro atoms. The molecule has 5 heteroatoms. The Morgan fingerprint density at radius 3 is 2.73 bits per heavy atom. The van der Waals surface area contributed by atoms with Gasteiger partial charge in [0.2, 0.25) is 0 Å². The van der Waals surface area contributed by atoms with Crippen LogP contribution in [0.25, 0.3) is 0 Å². The second kappa shape index (κ2) is 4.90. The molecule has 0 aliphatic rings. The Morgan fingerprint density at radius 1 is 1.60 bits per heavy atom. The molecule has 4 nitrogen and oxygen atoms in total. The average molecular weight is 229 g/mol. The third-order valence-corrected chi connectivity index (χ3v) is 3.64. The first kappa shape index (κ1) is 12.4. The van der Waals surface area contributed by atoms with Gasteiger partial charge in [0, 0.05) is 41.1 Å². The molecule has 0 fully saturated rings. The monoisotopic (exact) mass is 229 g/mol. The summed E-state index contributed by atoms with van der Waals surface area (Å²) in [4.78, 5) is 0. The third-order valence-electron chi connectivity index (χ3n) is 1.91. The van der Waals surface area contributed by atoms with Crippen molar-refractivity contribution in [1.82, 2.24) is 9.78 Å². The number of aromatic nitrogens is 2. The standard InChI is InChI=1S/C10H19N3OS/c1-10(2,11)8-15(14)5-4-9-6-12-13(3)7-9/h6-7H,4-5,8,11H2,1-3H3. The SMILES string of the molecule is Cn1cc(CCS(=O)CC(C)(C)N)cn1. The number of aryl methyl sites for hydroxylation is 2. The van der Waals surface area contributed by atoms with Crippen LogP contribution in [0.15, 0.2) is 12.4 Å². The number of nitrogens with two attached hydrogens (primary N) is 1. The van der Waals surface area contributed by atoms with Gasteiger partial charge in [0.1, 0.15) is 0 Å². The van der Waals surface area contributed by atoms with E-state index in [2.05, 4.69) is 5.10 Å². The van der Waals surface area contributed by atoms with Crippen molar-refractivity contribution in [3.63, 3.8) is 0 Å². The fraction of sp³-hybridized carbons (Fsp3) is 0.700. The summed E-state index contributed by atoms with van der Waals surface area (Å²) in [5.74, 6) is 1.21. The molecule has 1 aromatic rings. The van der Waals surface area contributed by atoms with Gasteiger partial charge in [-0.3, -0.25) is 8.89 Å². The van der Waals surface area contributed by atoms with Gasteiger partial charge in [-0.1, -0.05) is 0 Å². The fourth-order valence-electron chi connectivity index (χ4n) is 1.32. The Kier molecular flexibility index (Phi) is 4.04. The molecule has 0 saturated carbocycles. The molecule has 1 atom stereocenters. The van der Waals surface area contributed by atoms with Crippen molar-refractivity contribution in [2.75, 3.05) is 11.5 Å². The zero-order chi connectivity index (χ0) is 11.5. The molecule has 0 bridgehead atoms. The van der Waals surface area contributed by atoms with Crippen molar-refractivity contribution in [3.8, 4) is 0 Å². The maximum Gasteiger partial charge on any atom is 0.0521 e. The normalized spacial score (nSPS) is 14.1. The van der Waals surface area contributed by atoms with E-state index in [1.54, 1.807) is 4.68 Å². The first-order valence-electron chi connectivity index (χ1n) is 4.98. The molecule has 0 aromatic carbocycles. The van der Waals surface area contributed by atoms with Gasteiger partial charge in [0.15, 0.2) is 0 Å². The molecule has 0 aliphatic carbocycles. The Morgan fingerprint density at radius 2 is 2.27 bits per heavy atom. The van der Waals surface area contributed by atoms with Gasteiger partial charge in [0.05, 0.1) is 6.20 Å². The van der Waals surface area contributed by atoms with Crippen molar-refractivity contribution in [3.05, 3.63) is 18.0 Å². The summed E-state index contributed by atoms with van der Waals surface area (Å²) in [5.41, 5.74) is 6.58. The highest BCUT2D eigenvalue weighted by Crippen LogP contribution is 2.03. The van der Waals surface area contributed by atoms with Crippen LogP contribution in [0.1, 0.15) is 19.4 Å². The summed E-state index contributed by atoms with van der Waals surface area (Å²) in [6, 6.07) is 0. The van der Waals surface area contributed by atoms with Crippen molar-refractivity contribution >= 4 is 10.8 Å². The second-order valence-corrected chi connectivity index (χ2v) is 6.13. The zero-order valence-corrected chi connectivity index (χ0v) is 10.4. The van der Waals surface area contributed by atoms with E-state index in [-0.39, 0.29) is 5.54 Å². The van der Waals surface area contributed by atoms with Crippen molar-refractivity contribution < 1.29 is 4.21 Å². The number of rotatable bonds is 5.